The van der Waals surface area contributed by atoms with Crippen LogP contribution in [0, 0.1) is 5.92 Å². The molecule has 0 radical (unpaired) electrons. The Hall–Kier alpha value is -0.520. The molecule has 0 saturated heterocycles. The zero-order chi connectivity index (χ0) is 12.5. The lowest BCUT2D eigenvalue weighted by atomic mass is 9.93. The van der Waals surface area contributed by atoms with Gasteiger partial charge in [0.2, 0.25) is 0 Å². The van der Waals surface area contributed by atoms with Crippen LogP contribution in [0.25, 0.3) is 0 Å². The zero-order valence-corrected chi connectivity index (χ0v) is 12.1. The van der Waals surface area contributed by atoms with Crippen LogP contribution in [0.4, 0.5) is 0 Å². The summed E-state index contributed by atoms with van der Waals surface area (Å²) in [5.41, 5.74) is 3.35. The van der Waals surface area contributed by atoms with Gasteiger partial charge >= 0.3 is 0 Å². The minimum absolute atomic E-state index is 0.786. The first-order valence-corrected chi connectivity index (χ1v) is 7.72. The second-order valence-corrected chi connectivity index (χ2v) is 5.42. The fourth-order valence-electron chi connectivity index (χ4n) is 2.63. The SMILES string of the molecule is CCCCC1=CC(CCCC)C(CCCC)=C1. The molecule has 0 amide bonds. The minimum Gasteiger partial charge on any atom is -0.0741 e. The molecule has 0 saturated carbocycles. The highest BCUT2D eigenvalue weighted by atomic mass is 14.2. The van der Waals surface area contributed by atoms with Crippen LogP contribution in [0.15, 0.2) is 23.3 Å². The van der Waals surface area contributed by atoms with Crippen LogP contribution < -0.4 is 0 Å². The van der Waals surface area contributed by atoms with E-state index in [1.165, 1.54) is 57.8 Å². The molecule has 0 heteroatoms. The van der Waals surface area contributed by atoms with Crippen LogP contribution in [-0.4, -0.2) is 0 Å². The van der Waals surface area contributed by atoms with Gasteiger partial charge in [-0.1, -0.05) is 69.8 Å². The summed E-state index contributed by atoms with van der Waals surface area (Å²) >= 11 is 0. The van der Waals surface area contributed by atoms with Crippen molar-refractivity contribution in [2.24, 2.45) is 5.92 Å². The summed E-state index contributed by atoms with van der Waals surface area (Å²) in [6.45, 7) is 6.87. The zero-order valence-electron chi connectivity index (χ0n) is 12.1. The Morgan fingerprint density at radius 2 is 1.53 bits per heavy atom. The summed E-state index contributed by atoms with van der Waals surface area (Å²) in [6.07, 6.45) is 17.2. The maximum absolute atomic E-state index is 2.57. The van der Waals surface area contributed by atoms with E-state index in [1.807, 2.05) is 0 Å². The smallest absolute Gasteiger partial charge is 0.00142 e. The van der Waals surface area contributed by atoms with E-state index in [0.29, 0.717) is 0 Å². The van der Waals surface area contributed by atoms with Crippen molar-refractivity contribution in [2.75, 3.05) is 0 Å². The van der Waals surface area contributed by atoms with E-state index in [0.717, 1.165) is 5.92 Å². The Kier molecular flexibility index (Phi) is 7.32. The number of hydrogen-bond donors (Lipinski definition) is 0. The van der Waals surface area contributed by atoms with Crippen LogP contribution in [0.5, 0.6) is 0 Å². The lowest BCUT2D eigenvalue weighted by molar-refractivity contribution is 0.595. The summed E-state index contributed by atoms with van der Waals surface area (Å²) in [4.78, 5) is 0. The monoisotopic (exact) mass is 234 g/mol. The van der Waals surface area contributed by atoms with Gasteiger partial charge in [-0.15, -0.1) is 0 Å². The summed E-state index contributed by atoms with van der Waals surface area (Å²) < 4.78 is 0. The molecule has 1 aliphatic carbocycles. The molecule has 1 atom stereocenters. The predicted molar refractivity (Wildman–Crippen MR) is 78.2 cm³/mol. The summed E-state index contributed by atoms with van der Waals surface area (Å²) in [6, 6.07) is 0. The number of allylic oxidation sites excluding steroid dienone is 4. The summed E-state index contributed by atoms with van der Waals surface area (Å²) in [5, 5.41) is 0. The Labute approximate surface area is 108 Å². The fraction of sp³-hybridized carbons (Fsp3) is 0.765. The first kappa shape index (κ1) is 14.5. The third-order valence-corrected chi connectivity index (χ3v) is 3.77. The van der Waals surface area contributed by atoms with Crippen LogP contribution in [-0.2, 0) is 0 Å². The van der Waals surface area contributed by atoms with Crippen LogP contribution in [0.2, 0.25) is 0 Å². The molecule has 1 aliphatic rings. The van der Waals surface area contributed by atoms with E-state index >= 15 is 0 Å². The van der Waals surface area contributed by atoms with Gasteiger partial charge in [0.15, 0.2) is 0 Å². The first-order valence-electron chi connectivity index (χ1n) is 7.72. The lowest BCUT2D eigenvalue weighted by Crippen LogP contribution is -1.98. The van der Waals surface area contributed by atoms with Crippen molar-refractivity contribution in [3.05, 3.63) is 23.3 Å². The molecule has 17 heavy (non-hydrogen) atoms. The largest absolute Gasteiger partial charge is 0.0741 e. The molecule has 1 rings (SSSR count). The molecule has 0 bridgehead atoms. The molecule has 0 fully saturated rings. The summed E-state index contributed by atoms with van der Waals surface area (Å²) in [5.74, 6) is 0.786. The average Bonchev–Trinajstić information content (AvgIpc) is 2.73. The number of unbranched alkanes of at least 4 members (excludes halogenated alkanes) is 3. The van der Waals surface area contributed by atoms with Crippen molar-refractivity contribution in [3.63, 3.8) is 0 Å². The van der Waals surface area contributed by atoms with Gasteiger partial charge in [-0.05, 0) is 38.0 Å². The second-order valence-electron chi connectivity index (χ2n) is 5.42. The lowest BCUT2D eigenvalue weighted by Gasteiger charge is -2.12. The van der Waals surface area contributed by atoms with Crippen molar-refractivity contribution < 1.29 is 0 Å². The predicted octanol–water partition coefficient (Wildman–Crippen LogP) is 6.04. The third kappa shape index (κ3) is 5.10. The van der Waals surface area contributed by atoms with Crippen molar-refractivity contribution >= 4 is 0 Å². The van der Waals surface area contributed by atoms with Crippen molar-refractivity contribution in [2.45, 2.75) is 78.6 Å². The fourth-order valence-corrected chi connectivity index (χ4v) is 2.63. The van der Waals surface area contributed by atoms with Gasteiger partial charge in [0.05, 0.1) is 0 Å². The molecule has 98 valence electrons. The van der Waals surface area contributed by atoms with Crippen molar-refractivity contribution in [3.8, 4) is 0 Å². The van der Waals surface area contributed by atoms with E-state index < -0.39 is 0 Å². The van der Waals surface area contributed by atoms with Crippen LogP contribution in [0.1, 0.15) is 78.6 Å². The second kappa shape index (κ2) is 8.55. The third-order valence-electron chi connectivity index (χ3n) is 3.77. The van der Waals surface area contributed by atoms with Crippen molar-refractivity contribution in [1.82, 2.24) is 0 Å². The van der Waals surface area contributed by atoms with Gasteiger partial charge in [-0.2, -0.15) is 0 Å². The highest BCUT2D eigenvalue weighted by molar-refractivity contribution is 5.35. The van der Waals surface area contributed by atoms with Gasteiger partial charge in [-0.25, -0.2) is 0 Å². The van der Waals surface area contributed by atoms with E-state index in [4.69, 9.17) is 0 Å². The standard InChI is InChI=1S/C17H30/c1-4-7-10-15-13-16(11-8-5-2)17(14-15)12-9-6-3/h13-14,16H,4-12H2,1-3H3. The highest BCUT2D eigenvalue weighted by Crippen LogP contribution is 2.33. The normalized spacial score (nSPS) is 19.4. The molecular weight excluding hydrogens is 204 g/mol. The topological polar surface area (TPSA) is 0 Å². The first-order chi connectivity index (χ1) is 8.31. The van der Waals surface area contributed by atoms with E-state index in [2.05, 4.69) is 32.9 Å². The van der Waals surface area contributed by atoms with Gasteiger partial charge in [0.25, 0.3) is 0 Å². The van der Waals surface area contributed by atoms with Gasteiger partial charge in [0, 0.05) is 0 Å². The molecule has 0 heterocycles. The molecule has 0 N–H and O–H groups in total. The maximum Gasteiger partial charge on any atom is -0.00142 e. The van der Waals surface area contributed by atoms with Gasteiger partial charge < -0.3 is 0 Å². The van der Waals surface area contributed by atoms with Crippen LogP contribution >= 0.6 is 0 Å². The average molecular weight is 234 g/mol. The Balaban J connectivity index is 2.51. The molecule has 0 nitrogen and oxygen atoms in total. The summed E-state index contributed by atoms with van der Waals surface area (Å²) in [7, 11) is 0. The Morgan fingerprint density at radius 1 is 0.882 bits per heavy atom. The van der Waals surface area contributed by atoms with E-state index in [-0.39, 0.29) is 0 Å². The number of rotatable bonds is 9. The Bertz CT molecular complexity index is 257. The van der Waals surface area contributed by atoms with Gasteiger partial charge in [-0.3, -0.25) is 0 Å². The molecule has 0 aromatic rings. The quantitative estimate of drug-likeness (QED) is 0.456. The van der Waals surface area contributed by atoms with Crippen LogP contribution in [0.3, 0.4) is 0 Å². The highest BCUT2D eigenvalue weighted by Gasteiger charge is 2.17. The van der Waals surface area contributed by atoms with E-state index in [1.54, 1.807) is 11.1 Å². The van der Waals surface area contributed by atoms with Gasteiger partial charge in [0.1, 0.15) is 0 Å². The molecule has 0 aliphatic heterocycles. The Morgan fingerprint density at radius 3 is 2.18 bits per heavy atom. The minimum atomic E-state index is 0.786. The molecular formula is C17H30. The number of hydrogen-bond acceptors (Lipinski definition) is 0. The molecule has 0 aromatic carbocycles. The maximum atomic E-state index is 2.57. The molecule has 0 spiro atoms. The molecule has 1 unspecified atom stereocenters. The van der Waals surface area contributed by atoms with Crippen molar-refractivity contribution in [1.29, 1.82) is 0 Å². The van der Waals surface area contributed by atoms with E-state index in [9.17, 15) is 0 Å². The molecule has 0 aromatic heterocycles.